The van der Waals surface area contributed by atoms with Gasteiger partial charge in [0.2, 0.25) is 0 Å². The third-order valence-corrected chi connectivity index (χ3v) is 6.32. The van der Waals surface area contributed by atoms with Crippen molar-refractivity contribution < 1.29 is 19.8 Å². The Morgan fingerprint density at radius 3 is 1.29 bits per heavy atom. The summed E-state index contributed by atoms with van der Waals surface area (Å²) >= 11 is 0. The average molecular weight is 296 g/mol. The maximum Gasteiger partial charge on any atom is 0.311 e. The molecule has 4 unspecified atom stereocenters. The number of hydrogen-bond acceptors (Lipinski definition) is 2. The van der Waals surface area contributed by atoms with Gasteiger partial charge in [0, 0.05) is 0 Å². The zero-order valence-corrected chi connectivity index (χ0v) is 14.0. The summed E-state index contributed by atoms with van der Waals surface area (Å²) in [5.41, 5.74) is -3.64. The molecule has 0 aromatic rings. The summed E-state index contributed by atoms with van der Waals surface area (Å²) < 4.78 is 0. The van der Waals surface area contributed by atoms with Crippen LogP contribution in [-0.4, -0.2) is 22.2 Å². The van der Waals surface area contributed by atoms with Crippen LogP contribution < -0.4 is 0 Å². The van der Waals surface area contributed by atoms with E-state index in [1.54, 1.807) is 0 Å². The highest BCUT2D eigenvalue weighted by molar-refractivity contribution is 5.90. The normalized spacial score (nSPS) is 39.5. The molecule has 4 heteroatoms. The first-order chi connectivity index (χ1) is 9.35. The van der Waals surface area contributed by atoms with Crippen LogP contribution in [0.4, 0.5) is 0 Å². The molecule has 0 amide bonds. The van der Waals surface area contributed by atoms with E-state index in [0.717, 1.165) is 19.3 Å². The summed E-state index contributed by atoms with van der Waals surface area (Å²) in [7, 11) is 0. The zero-order chi connectivity index (χ0) is 16.4. The first kappa shape index (κ1) is 16.3. The minimum Gasteiger partial charge on any atom is -0.481 e. The van der Waals surface area contributed by atoms with Gasteiger partial charge in [-0.05, 0) is 41.9 Å². The lowest BCUT2D eigenvalue weighted by Gasteiger charge is -2.59. The minimum absolute atomic E-state index is 0.0460. The summed E-state index contributed by atoms with van der Waals surface area (Å²) in [6.45, 7) is 11.4. The van der Waals surface area contributed by atoms with E-state index in [1.165, 1.54) is 0 Å². The van der Waals surface area contributed by atoms with E-state index in [9.17, 15) is 19.8 Å². The van der Waals surface area contributed by atoms with E-state index >= 15 is 0 Å². The number of aliphatic carboxylic acids is 2. The van der Waals surface area contributed by atoms with Crippen molar-refractivity contribution in [2.45, 2.75) is 60.8 Å². The molecule has 2 rings (SSSR count). The average Bonchev–Trinajstić information content (AvgIpc) is 2.81. The monoisotopic (exact) mass is 296 g/mol. The standard InChI is InChI=1S/C17H28O4/c1-14(2,3)16(12(18)19)10-7-8-11(9-10)17(16,13(20)21)15(4,5)6/h10-11H,7-9H2,1-6H3,(H,18,19)(H,20,21). The molecule has 2 fully saturated rings. The topological polar surface area (TPSA) is 74.6 Å². The van der Waals surface area contributed by atoms with Crippen molar-refractivity contribution in [2.75, 3.05) is 0 Å². The van der Waals surface area contributed by atoms with Crippen LogP contribution in [0.5, 0.6) is 0 Å². The van der Waals surface area contributed by atoms with Gasteiger partial charge in [-0.3, -0.25) is 9.59 Å². The molecule has 0 saturated heterocycles. The summed E-state index contributed by atoms with van der Waals surface area (Å²) in [6.07, 6.45) is 2.39. The number of carboxylic acid groups (broad SMARTS) is 2. The van der Waals surface area contributed by atoms with Crippen molar-refractivity contribution in [1.82, 2.24) is 0 Å². The smallest absolute Gasteiger partial charge is 0.311 e. The second-order valence-corrected chi connectivity index (χ2v) is 8.93. The lowest BCUT2D eigenvalue weighted by molar-refractivity contribution is -0.215. The predicted molar refractivity (Wildman–Crippen MR) is 79.9 cm³/mol. The molecule has 4 nitrogen and oxygen atoms in total. The third kappa shape index (κ3) is 1.56. The van der Waals surface area contributed by atoms with Crippen molar-refractivity contribution in [3.05, 3.63) is 0 Å². The quantitative estimate of drug-likeness (QED) is 0.815. The molecule has 0 spiro atoms. The second-order valence-electron chi connectivity index (χ2n) is 8.93. The summed E-state index contributed by atoms with van der Waals surface area (Å²) in [6, 6.07) is 0. The molecule has 0 aliphatic heterocycles. The Kier molecular flexibility index (Phi) is 3.29. The molecule has 0 aromatic heterocycles. The van der Waals surface area contributed by atoms with Gasteiger partial charge in [0.1, 0.15) is 0 Å². The second kappa shape index (κ2) is 4.23. The molecule has 2 bridgehead atoms. The molecule has 2 aliphatic carbocycles. The van der Waals surface area contributed by atoms with E-state index in [-0.39, 0.29) is 11.8 Å². The minimum atomic E-state index is -1.22. The Labute approximate surface area is 126 Å². The molecular formula is C17H28O4. The lowest BCUT2D eigenvalue weighted by Crippen LogP contribution is -2.66. The van der Waals surface area contributed by atoms with Gasteiger partial charge >= 0.3 is 11.9 Å². The van der Waals surface area contributed by atoms with Crippen molar-refractivity contribution in [1.29, 1.82) is 0 Å². The molecule has 2 N–H and O–H groups in total. The van der Waals surface area contributed by atoms with Gasteiger partial charge in [0.05, 0.1) is 10.8 Å². The van der Waals surface area contributed by atoms with Crippen molar-refractivity contribution >= 4 is 11.9 Å². The van der Waals surface area contributed by atoms with Crippen LogP contribution in [0.25, 0.3) is 0 Å². The molecule has 120 valence electrons. The summed E-state index contributed by atoms with van der Waals surface area (Å²) in [5, 5.41) is 20.4. The van der Waals surface area contributed by atoms with E-state index in [0.29, 0.717) is 0 Å². The van der Waals surface area contributed by atoms with E-state index < -0.39 is 33.6 Å². The van der Waals surface area contributed by atoms with Gasteiger partial charge in [0.15, 0.2) is 0 Å². The highest BCUT2D eigenvalue weighted by Crippen LogP contribution is 2.76. The number of hydrogen-bond donors (Lipinski definition) is 2. The number of fused-ring (bicyclic) bond motifs is 2. The van der Waals surface area contributed by atoms with Gasteiger partial charge in [-0.2, -0.15) is 0 Å². The van der Waals surface area contributed by atoms with Crippen LogP contribution in [-0.2, 0) is 9.59 Å². The highest BCUT2D eigenvalue weighted by atomic mass is 16.4. The van der Waals surface area contributed by atoms with Gasteiger partial charge in [-0.25, -0.2) is 0 Å². The van der Waals surface area contributed by atoms with E-state index in [2.05, 4.69) is 0 Å². The molecule has 0 heterocycles. The van der Waals surface area contributed by atoms with Crippen molar-refractivity contribution in [2.24, 2.45) is 33.5 Å². The highest BCUT2D eigenvalue weighted by Gasteiger charge is 2.80. The molecule has 2 saturated carbocycles. The Balaban J connectivity index is 2.89. The van der Waals surface area contributed by atoms with E-state index in [1.807, 2.05) is 41.5 Å². The number of carbonyl (C=O) groups is 2. The van der Waals surface area contributed by atoms with Crippen LogP contribution in [0.15, 0.2) is 0 Å². The Hall–Kier alpha value is -1.06. The van der Waals surface area contributed by atoms with Crippen molar-refractivity contribution in [3.63, 3.8) is 0 Å². The summed E-state index contributed by atoms with van der Waals surface area (Å²) in [4.78, 5) is 24.9. The zero-order valence-electron chi connectivity index (χ0n) is 14.0. The van der Waals surface area contributed by atoms with Crippen molar-refractivity contribution in [3.8, 4) is 0 Å². The maximum atomic E-state index is 12.5. The van der Waals surface area contributed by atoms with Crippen LogP contribution in [0.2, 0.25) is 0 Å². The number of carboxylic acids is 2. The molecule has 0 radical (unpaired) electrons. The fourth-order valence-electron chi connectivity index (χ4n) is 6.15. The molecular weight excluding hydrogens is 268 g/mol. The Morgan fingerprint density at radius 1 is 0.810 bits per heavy atom. The Bertz CT molecular complexity index is 438. The SMILES string of the molecule is CC(C)(C)C1(C(=O)O)C2CCC(C2)C1(C(=O)O)C(C)(C)C. The number of rotatable bonds is 2. The van der Waals surface area contributed by atoms with Crippen LogP contribution >= 0.6 is 0 Å². The van der Waals surface area contributed by atoms with E-state index in [4.69, 9.17) is 0 Å². The van der Waals surface area contributed by atoms with Gasteiger partial charge in [-0.15, -0.1) is 0 Å². The molecule has 0 aromatic carbocycles. The predicted octanol–water partition coefficient (Wildman–Crippen LogP) is 3.65. The Morgan fingerprint density at radius 2 is 1.10 bits per heavy atom. The lowest BCUT2D eigenvalue weighted by atomic mass is 9.40. The molecule has 21 heavy (non-hydrogen) atoms. The van der Waals surface area contributed by atoms with Gasteiger partial charge in [-0.1, -0.05) is 41.5 Å². The van der Waals surface area contributed by atoms with Crippen LogP contribution in [0, 0.1) is 33.5 Å². The fraction of sp³-hybridized carbons (Fsp3) is 0.882. The molecule has 4 atom stereocenters. The van der Waals surface area contributed by atoms with Gasteiger partial charge in [0.25, 0.3) is 0 Å². The fourth-order valence-corrected chi connectivity index (χ4v) is 6.15. The van der Waals surface area contributed by atoms with Crippen LogP contribution in [0.1, 0.15) is 60.8 Å². The summed E-state index contributed by atoms with van der Waals surface area (Å²) in [5.74, 6) is -1.95. The largest absolute Gasteiger partial charge is 0.481 e. The molecule has 2 aliphatic rings. The first-order valence-electron chi connectivity index (χ1n) is 7.82. The van der Waals surface area contributed by atoms with Gasteiger partial charge < -0.3 is 10.2 Å². The maximum absolute atomic E-state index is 12.5. The first-order valence-corrected chi connectivity index (χ1v) is 7.82. The third-order valence-electron chi connectivity index (χ3n) is 6.32. The van der Waals surface area contributed by atoms with Crippen LogP contribution in [0.3, 0.4) is 0 Å².